The summed E-state index contributed by atoms with van der Waals surface area (Å²) in [5, 5.41) is 23.5. The number of nitrogens with one attached hydrogen (secondary N) is 1. The van der Waals surface area contributed by atoms with Gasteiger partial charge in [0.05, 0.1) is 25.4 Å². The SMILES string of the molecule is CCCCCCCC/C=C\CCCCCCCCCCCC(=O)OCCCCCCCCCCCCCCCCC/C=C\C/C=C\CCCCCCCCCCCCCCCCCCCC(=O)NC(CO)C(O)CCCCCCCCCCCCCCCCCCCCCCCCC. The second kappa shape index (κ2) is 87.5. The smallest absolute Gasteiger partial charge is 0.305 e. The minimum absolute atomic E-state index is 0.0210. The van der Waals surface area contributed by atoms with E-state index in [1.54, 1.807) is 0 Å². The number of ether oxygens (including phenoxy) is 1. The summed E-state index contributed by atoms with van der Waals surface area (Å²) in [6.45, 7) is 5.01. The molecule has 2 atom stereocenters. The van der Waals surface area contributed by atoms with Crippen molar-refractivity contribution in [3.8, 4) is 0 Å². The molecule has 98 heavy (non-hydrogen) atoms. The van der Waals surface area contributed by atoms with Crippen LogP contribution in [0.25, 0.3) is 0 Å². The zero-order valence-corrected chi connectivity index (χ0v) is 66.8. The molecule has 0 saturated heterocycles. The summed E-state index contributed by atoms with van der Waals surface area (Å²) in [5.74, 6) is -0.00484. The molecule has 3 N–H and O–H groups in total. The Hall–Kier alpha value is -1.92. The highest BCUT2D eigenvalue weighted by Crippen LogP contribution is 2.21. The summed E-state index contributed by atoms with van der Waals surface area (Å²) in [7, 11) is 0. The lowest BCUT2D eigenvalue weighted by Gasteiger charge is -2.22. The fraction of sp³-hybridized carbons (Fsp3) is 0.913. The van der Waals surface area contributed by atoms with Crippen LogP contribution < -0.4 is 5.32 Å². The zero-order chi connectivity index (χ0) is 70.5. The van der Waals surface area contributed by atoms with Gasteiger partial charge in [0, 0.05) is 12.8 Å². The second-order valence-corrected chi connectivity index (χ2v) is 31.3. The summed E-state index contributed by atoms with van der Waals surface area (Å²) in [6.07, 6.45) is 116. The molecule has 0 radical (unpaired) electrons. The minimum Gasteiger partial charge on any atom is -0.466 e. The van der Waals surface area contributed by atoms with E-state index in [1.165, 1.54) is 437 Å². The number of carbonyl (C=O) groups excluding carboxylic acids is 2. The lowest BCUT2D eigenvalue weighted by Crippen LogP contribution is -2.45. The molecule has 0 heterocycles. The molecule has 6 nitrogen and oxygen atoms in total. The van der Waals surface area contributed by atoms with Crippen LogP contribution in [0.2, 0.25) is 0 Å². The van der Waals surface area contributed by atoms with Crippen LogP contribution in [-0.4, -0.2) is 47.4 Å². The Labute approximate surface area is 614 Å². The molecule has 0 aliphatic rings. The minimum atomic E-state index is -0.664. The molecule has 580 valence electrons. The third-order valence-corrected chi connectivity index (χ3v) is 21.4. The Bertz CT molecular complexity index is 1590. The highest BCUT2D eigenvalue weighted by atomic mass is 16.5. The highest BCUT2D eigenvalue weighted by molar-refractivity contribution is 5.76. The van der Waals surface area contributed by atoms with E-state index < -0.39 is 12.1 Å². The predicted molar refractivity (Wildman–Crippen MR) is 435 cm³/mol. The van der Waals surface area contributed by atoms with E-state index in [9.17, 15) is 19.8 Å². The largest absolute Gasteiger partial charge is 0.466 e. The van der Waals surface area contributed by atoms with Crippen molar-refractivity contribution in [3.05, 3.63) is 36.5 Å². The molecule has 0 aromatic heterocycles. The van der Waals surface area contributed by atoms with Gasteiger partial charge >= 0.3 is 5.97 Å². The van der Waals surface area contributed by atoms with Gasteiger partial charge in [-0.1, -0.05) is 455 Å². The number of amides is 1. The third-order valence-electron chi connectivity index (χ3n) is 21.4. The van der Waals surface area contributed by atoms with Crippen molar-refractivity contribution in [1.29, 1.82) is 0 Å². The number of hydrogen-bond donors (Lipinski definition) is 3. The fourth-order valence-corrected chi connectivity index (χ4v) is 14.6. The molecule has 0 saturated carbocycles. The lowest BCUT2D eigenvalue weighted by molar-refractivity contribution is -0.143. The topological polar surface area (TPSA) is 95.9 Å². The van der Waals surface area contributed by atoms with E-state index >= 15 is 0 Å². The Morgan fingerprint density at radius 3 is 0.786 bits per heavy atom. The van der Waals surface area contributed by atoms with E-state index in [0.29, 0.717) is 25.9 Å². The van der Waals surface area contributed by atoms with Crippen molar-refractivity contribution in [1.82, 2.24) is 5.32 Å². The predicted octanol–water partition coefficient (Wildman–Crippen LogP) is 30.5. The van der Waals surface area contributed by atoms with Gasteiger partial charge in [0.15, 0.2) is 0 Å². The second-order valence-electron chi connectivity index (χ2n) is 31.3. The first kappa shape index (κ1) is 96.1. The molecule has 0 spiro atoms. The van der Waals surface area contributed by atoms with Crippen molar-refractivity contribution in [2.45, 2.75) is 527 Å². The van der Waals surface area contributed by atoms with E-state index in [4.69, 9.17) is 4.74 Å². The standard InChI is InChI=1S/C92H177NO5/c1-3-5-7-9-11-13-15-17-19-21-23-24-42-45-49-52-56-60-64-68-72-76-80-84-90(95)89(88-94)93-91(96)85-81-77-73-69-65-61-57-53-50-46-43-40-38-36-34-32-30-28-26-25-27-29-31-33-35-37-39-41-44-47-51-55-59-63-67-71-75-79-83-87-98-92(97)86-82-78-74-70-66-62-58-54-48-22-20-18-16-14-12-10-8-6-4-2/h18,20,25-26,29,31,89-90,94-95H,3-17,19,21-24,27-28,30,32-88H2,1-2H3,(H,93,96)/b20-18-,26-25-,31-29-. The molecule has 1 amide bonds. The van der Waals surface area contributed by atoms with Gasteiger partial charge in [-0.2, -0.15) is 0 Å². The van der Waals surface area contributed by atoms with E-state index in [1.807, 2.05) is 0 Å². The average molecular weight is 1380 g/mol. The molecular weight excluding hydrogens is 1200 g/mol. The molecular formula is C92H177NO5. The quantitative estimate of drug-likeness (QED) is 0.0320. The Kier molecular flexibility index (Phi) is 85.8. The normalized spacial score (nSPS) is 12.6. The number of aliphatic hydroxyl groups excluding tert-OH is 2. The van der Waals surface area contributed by atoms with Gasteiger partial charge in [0.1, 0.15) is 0 Å². The summed E-state index contributed by atoms with van der Waals surface area (Å²) >= 11 is 0. The van der Waals surface area contributed by atoms with Crippen molar-refractivity contribution in [2.75, 3.05) is 13.2 Å². The van der Waals surface area contributed by atoms with E-state index in [2.05, 4.69) is 55.6 Å². The zero-order valence-electron chi connectivity index (χ0n) is 66.8. The van der Waals surface area contributed by atoms with Crippen LogP contribution in [0.1, 0.15) is 515 Å². The van der Waals surface area contributed by atoms with Crippen LogP contribution in [0, 0.1) is 0 Å². The van der Waals surface area contributed by atoms with Crippen molar-refractivity contribution < 1.29 is 24.5 Å². The maximum absolute atomic E-state index is 12.6. The number of esters is 1. The maximum atomic E-state index is 12.6. The highest BCUT2D eigenvalue weighted by Gasteiger charge is 2.20. The van der Waals surface area contributed by atoms with Gasteiger partial charge in [-0.05, 0) is 83.5 Å². The average Bonchev–Trinajstić information content (AvgIpc) is 1.77. The number of aliphatic hydroxyl groups is 2. The summed E-state index contributed by atoms with van der Waals surface area (Å²) in [5.41, 5.74) is 0. The number of allylic oxidation sites excluding steroid dienone is 6. The summed E-state index contributed by atoms with van der Waals surface area (Å²) in [4.78, 5) is 24.7. The van der Waals surface area contributed by atoms with Crippen molar-refractivity contribution in [3.63, 3.8) is 0 Å². The number of hydrogen-bond acceptors (Lipinski definition) is 5. The Morgan fingerprint density at radius 1 is 0.286 bits per heavy atom. The van der Waals surface area contributed by atoms with Crippen LogP contribution in [0.5, 0.6) is 0 Å². The summed E-state index contributed by atoms with van der Waals surface area (Å²) < 4.78 is 5.52. The molecule has 0 aliphatic heterocycles. The lowest BCUT2D eigenvalue weighted by atomic mass is 10.0. The Balaban J connectivity index is 3.35. The van der Waals surface area contributed by atoms with Gasteiger partial charge < -0.3 is 20.3 Å². The fourth-order valence-electron chi connectivity index (χ4n) is 14.6. The molecule has 0 fully saturated rings. The maximum Gasteiger partial charge on any atom is 0.305 e. The first-order valence-electron chi connectivity index (χ1n) is 45.2. The van der Waals surface area contributed by atoms with Crippen LogP contribution in [0.15, 0.2) is 36.5 Å². The molecule has 0 aromatic rings. The van der Waals surface area contributed by atoms with Crippen molar-refractivity contribution in [2.24, 2.45) is 0 Å². The van der Waals surface area contributed by atoms with Gasteiger partial charge in [-0.3, -0.25) is 9.59 Å². The molecule has 0 aliphatic carbocycles. The van der Waals surface area contributed by atoms with E-state index in [-0.39, 0.29) is 18.5 Å². The van der Waals surface area contributed by atoms with Crippen LogP contribution >= 0.6 is 0 Å². The molecule has 0 bridgehead atoms. The number of carbonyl (C=O) groups is 2. The first-order valence-corrected chi connectivity index (χ1v) is 45.2. The Morgan fingerprint density at radius 2 is 0.510 bits per heavy atom. The molecule has 0 aromatic carbocycles. The molecule has 2 unspecified atom stereocenters. The molecule has 0 rings (SSSR count). The van der Waals surface area contributed by atoms with Gasteiger partial charge in [0.25, 0.3) is 0 Å². The van der Waals surface area contributed by atoms with E-state index in [0.717, 1.165) is 44.9 Å². The van der Waals surface area contributed by atoms with Crippen LogP contribution in [-0.2, 0) is 14.3 Å². The summed E-state index contributed by atoms with van der Waals surface area (Å²) in [6, 6.07) is -0.541. The first-order chi connectivity index (χ1) is 48.5. The van der Waals surface area contributed by atoms with Crippen LogP contribution in [0.4, 0.5) is 0 Å². The van der Waals surface area contributed by atoms with Gasteiger partial charge in [-0.15, -0.1) is 0 Å². The van der Waals surface area contributed by atoms with Gasteiger partial charge in [-0.25, -0.2) is 0 Å². The monoisotopic (exact) mass is 1380 g/mol. The van der Waals surface area contributed by atoms with Crippen molar-refractivity contribution >= 4 is 11.9 Å². The number of unbranched alkanes of at least 4 members (excludes halogenated alkanes) is 69. The number of rotatable bonds is 86. The third kappa shape index (κ3) is 83.0. The van der Waals surface area contributed by atoms with Gasteiger partial charge in [0.2, 0.25) is 5.91 Å². The molecule has 6 heteroatoms. The van der Waals surface area contributed by atoms with Crippen LogP contribution in [0.3, 0.4) is 0 Å².